The summed E-state index contributed by atoms with van der Waals surface area (Å²) in [5.74, 6) is -0.105. The molecule has 2 aromatic rings. The molecular weight excluding hydrogens is 348 g/mol. The highest BCUT2D eigenvalue weighted by Crippen LogP contribution is 2.27. The summed E-state index contributed by atoms with van der Waals surface area (Å²) in [6, 6.07) is 13.0. The van der Waals surface area contributed by atoms with E-state index in [0.717, 1.165) is 36.2 Å². The molecule has 1 aliphatic rings. The highest BCUT2D eigenvalue weighted by atomic mass is 35.5. The van der Waals surface area contributed by atoms with E-state index in [1.807, 2.05) is 48.2 Å². The quantitative estimate of drug-likeness (QED) is 0.787. The molecule has 134 valence electrons. The maximum atomic E-state index is 12.2. The molecule has 1 heterocycles. The summed E-state index contributed by atoms with van der Waals surface area (Å²) in [7, 11) is 0. The number of rotatable bonds is 4. The first-order valence-electron chi connectivity index (χ1n) is 8.69. The summed E-state index contributed by atoms with van der Waals surface area (Å²) in [6.07, 6.45) is 5.66. The third kappa shape index (κ3) is 4.33. The highest BCUT2D eigenvalue weighted by Gasteiger charge is 2.21. The minimum atomic E-state index is -0.246. The van der Waals surface area contributed by atoms with Crippen LogP contribution in [0.3, 0.4) is 0 Å². The number of aryl methyl sites for hydroxylation is 1. The van der Waals surface area contributed by atoms with Gasteiger partial charge in [-0.05, 0) is 55.2 Å². The molecule has 3 rings (SSSR count). The van der Waals surface area contributed by atoms with E-state index in [2.05, 4.69) is 5.32 Å². The first kappa shape index (κ1) is 18.2. The van der Waals surface area contributed by atoms with Crippen LogP contribution < -0.4 is 10.2 Å². The lowest BCUT2D eigenvalue weighted by molar-refractivity contribution is -0.119. The Labute approximate surface area is 158 Å². The van der Waals surface area contributed by atoms with Gasteiger partial charge in [0.25, 0.3) is 0 Å². The lowest BCUT2D eigenvalue weighted by Crippen LogP contribution is -2.35. The van der Waals surface area contributed by atoms with Crippen molar-refractivity contribution in [2.75, 3.05) is 16.8 Å². The predicted molar refractivity (Wildman–Crippen MR) is 106 cm³/mol. The SMILES string of the molecule is Cc1ccc(NC(=O)/C=C/c2ccccc2Cl)cc1N1CCCCC1=O. The number of nitrogens with zero attached hydrogens (tertiary/aromatic N) is 1. The zero-order valence-electron chi connectivity index (χ0n) is 14.7. The van der Waals surface area contributed by atoms with E-state index in [0.29, 0.717) is 17.1 Å². The van der Waals surface area contributed by atoms with E-state index in [1.54, 1.807) is 12.1 Å². The topological polar surface area (TPSA) is 49.4 Å². The fourth-order valence-corrected chi connectivity index (χ4v) is 3.20. The Morgan fingerprint density at radius 3 is 2.77 bits per heavy atom. The maximum Gasteiger partial charge on any atom is 0.248 e. The van der Waals surface area contributed by atoms with Gasteiger partial charge in [0.05, 0.1) is 0 Å². The van der Waals surface area contributed by atoms with Crippen LogP contribution in [0.15, 0.2) is 48.5 Å². The van der Waals surface area contributed by atoms with Crippen molar-refractivity contribution in [3.8, 4) is 0 Å². The fraction of sp³-hybridized carbons (Fsp3) is 0.238. The summed E-state index contributed by atoms with van der Waals surface area (Å²) in [5, 5.41) is 3.44. The summed E-state index contributed by atoms with van der Waals surface area (Å²) in [6.45, 7) is 2.70. The smallest absolute Gasteiger partial charge is 0.248 e. The van der Waals surface area contributed by atoms with Crippen molar-refractivity contribution >= 4 is 40.9 Å². The summed E-state index contributed by atoms with van der Waals surface area (Å²) < 4.78 is 0. The molecule has 0 spiro atoms. The van der Waals surface area contributed by atoms with Crippen molar-refractivity contribution in [3.63, 3.8) is 0 Å². The van der Waals surface area contributed by atoms with Crippen molar-refractivity contribution in [2.45, 2.75) is 26.2 Å². The second kappa shape index (κ2) is 8.19. The van der Waals surface area contributed by atoms with Gasteiger partial charge in [-0.2, -0.15) is 0 Å². The van der Waals surface area contributed by atoms with Gasteiger partial charge in [0, 0.05) is 35.4 Å². The molecule has 2 aromatic carbocycles. The normalized spacial score (nSPS) is 14.7. The van der Waals surface area contributed by atoms with Crippen molar-refractivity contribution in [2.24, 2.45) is 0 Å². The van der Waals surface area contributed by atoms with Gasteiger partial charge in [-0.25, -0.2) is 0 Å². The molecule has 0 bridgehead atoms. The fourth-order valence-electron chi connectivity index (χ4n) is 3.00. The molecule has 0 unspecified atom stereocenters. The maximum absolute atomic E-state index is 12.2. The predicted octanol–water partition coefficient (Wildman–Crippen LogP) is 4.82. The van der Waals surface area contributed by atoms with Crippen LogP contribution in [0.5, 0.6) is 0 Å². The minimum Gasteiger partial charge on any atom is -0.322 e. The molecular formula is C21H21ClN2O2. The molecule has 1 aliphatic heterocycles. The van der Waals surface area contributed by atoms with Crippen molar-refractivity contribution in [3.05, 3.63) is 64.7 Å². The van der Waals surface area contributed by atoms with Crippen LogP contribution in [0, 0.1) is 6.92 Å². The van der Waals surface area contributed by atoms with Crippen LogP contribution in [0.25, 0.3) is 6.08 Å². The molecule has 2 amide bonds. The molecule has 0 aromatic heterocycles. The van der Waals surface area contributed by atoms with Crippen LogP contribution in [0.1, 0.15) is 30.4 Å². The minimum absolute atomic E-state index is 0.140. The number of amides is 2. The second-order valence-corrected chi connectivity index (χ2v) is 6.76. The molecule has 0 atom stereocenters. The van der Waals surface area contributed by atoms with Crippen molar-refractivity contribution < 1.29 is 9.59 Å². The third-order valence-electron chi connectivity index (χ3n) is 4.41. The van der Waals surface area contributed by atoms with Crippen LogP contribution in [0.2, 0.25) is 5.02 Å². The Morgan fingerprint density at radius 2 is 2.00 bits per heavy atom. The van der Waals surface area contributed by atoms with Crippen LogP contribution in [0.4, 0.5) is 11.4 Å². The van der Waals surface area contributed by atoms with Crippen LogP contribution in [-0.2, 0) is 9.59 Å². The number of nitrogens with one attached hydrogen (secondary N) is 1. The van der Waals surface area contributed by atoms with Gasteiger partial charge < -0.3 is 10.2 Å². The molecule has 0 saturated carbocycles. The largest absolute Gasteiger partial charge is 0.322 e. The van der Waals surface area contributed by atoms with E-state index in [9.17, 15) is 9.59 Å². The number of piperidine rings is 1. The van der Waals surface area contributed by atoms with Gasteiger partial charge in [0.1, 0.15) is 0 Å². The average Bonchev–Trinajstić information content (AvgIpc) is 2.63. The molecule has 26 heavy (non-hydrogen) atoms. The number of carbonyl (C=O) groups excluding carboxylic acids is 2. The van der Waals surface area contributed by atoms with E-state index in [-0.39, 0.29) is 11.8 Å². The molecule has 4 nitrogen and oxygen atoms in total. The van der Waals surface area contributed by atoms with Gasteiger partial charge in [-0.15, -0.1) is 0 Å². The highest BCUT2D eigenvalue weighted by molar-refractivity contribution is 6.32. The van der Waals surface area contributed by atoms with E-state index in [4.69, 9.17) is 11.6 Å². The second-order valence-electron chi connectivity index (χ2n) is 6.35. The first-order valence-corrected chi connectivity index (χ1v) is 9.07. The zero-order chi connectivity index (χ0) is 18.5. The van der Waals surface area contributed by atoms with E-state index < -0.39 is 0 Å². The lowest BCUT2D eigenvalue weighted by atomic mass is 10.1. The van der Waals surface area contributed by atoms with Gasteiger partial charge >= 0.3 is 0 Å². The molecule has 5 heteroatoms. The van der Waals surface area contributed by atoms with E-state index >= 15 is 0 Å². The van der Waals surface area contributed by atoms with Crippen LogP contribution in [-0.4, -0.2) is 18.4 Å². The molecule has 1 fully saturated rings. The monoisotopic (exact) mass is 368 g/mol. The number of carbonyl (C=O) groups is 2. The standard InChI is InChI=1S/C21H21ClN2O2/c1-15-9-11-17(14-19(15)24-13-5-4-8-21(24)26)23-20(25)12-10-16-6-2-3-7-18(16)22/h2-3,6-7,9-12,14H,4-5,8,13H2,1H3,(H,23,25)/b12-10+. The number of hydrogen-bond acceptors (Lipinski definition) is 2. The molecule has 1 N–H and O–H groups in total. The summed E-state index contributed by atoms with van der Waals surface area (Å²) in [5.41, 5.74) is 3.33. The lowest BCUT2D eigenvalue weighted by Gasteiger charge is -2.28. The Hall–Kier alpha value is -2.59. The molecule has 1 saturated heterocycles. The Morgan fingerprint density at radius 1 is 1.19 bits per heavy atom. The van der Waals surface area contributed by atoms with Crippen molar-refractivity contribution in [1.82, 2.24) is 0 Å². The first-order chi connectivity index (χ1) is 12.5. The zero-order valence-corrected chi connectivity index (χ0v) is 15.4. The Kier molecular flexibility index (Phi) is 5.74. The van der Waals surface area contributed by atoms with Gasteiger partial charge in [0.2, 0.25) is 11.8 Å². The molecule has 0 radical (unpaired) electrons. The van der Waals surface area contributed by atoms with Gasteiger partial charge in [0.15, 0.2) is 0 Å². The van der Waals surface area contributed by atoms with Crippen LogP contribution >= 0.6 is 11.6 Å². The number of hydrogen-bond donors (Lipinski definition) is 1. The van der Waals surface area contributed by atoms with Gasteiger partial charge in [-0.1, -0.05) is 35.9 Å². The average molecular weight is 369 g/mol. The number of benzene rings is 2. The Bertz CT molecular complexity index is 861. The van der Waals surface area contributed by atoms with Gasteiger partial charge in [-0.3, -0.25) is 9.59 Å². The van der Waals surface area contributed by atoms with Crippen molar-refractivity contribution in [1.29, 1.82) is 0 Å². The Balaban J connectivity index is 1.73. The summed E-state index contributed by atoms with van der Waals surface area (Å²) in [4.78, 5) is 26.2. The van der Waals surface area contributed by atoms with E-state index in [1.165, 1.54) is 6.08 Å². The number of anilines is 2. The summed E-state index contributed by atoms with van der Waals surface area (Å²) >= 11 is 6.09. The third-order valence-corrected chi connectivity index (χ3v) is 4.75. The molecule has 0 aliphatic carbocycles. The number of halogens is 1.